The molecule has 0 heterocycles. The van der Waals surface area contributed by atoms with Crippen molar-refractivity contribution in [1.82, 2.24) is 4.90 Å². The van der Waals surface area contributed by atoms with Gasteiger partial charge in [-0.25, -0.2) is 0 Å². The van der Waals surface area contributed by atoms with Crippen LogP contribution < -0.4 is 12.4 Å². The summed E-state index contributed by atoms with van der Waals surface area (Å²) in [4.78, 5) is 2.24. The number of halogens is 1. The minimum Gasteiger partial charge on any atom is -1.00 e. The van der Waals surface area contributed by atoms with E-state index in [1.54, 1.807) is 0 Å². The maximum atomic E-state index is 2.42. The first-order valence-corrected chi connectivity index (χ1v) is 7.77. The van der Waals surface area contributed by atoms with E-state index in [1.165, 1.54) is 27.8 Å². The molecule has 22 heavy (non-hydrogen) atoms. The summed E-state index contributed by atoms with van der Waals surface area (Å²) < 4.78 is 0. The molecule has 0 atom stereocenters. The molecular formula is C20H23ClN-. The SMILES string of the molecule is CN(C)CCC=C1c2ccccc2CCc2ccccc21.[Cl-]. The van der Waals surface area contributed by atoms with Gasteiger partial charge in [-0.1, -0.05) is 54.6 Å². The fraction of sp³-hybridized carbons (Fsp3) is 0.300. The van der Waals surface area contributed by atoms with Gasteiger partial charge in [0.05, 0.1) is 0 Å². The molecule has 0 unspecified atom stereocenters. The van der Waals surface area contributed by atoms with Crippen molar-refractivity contribution < 1.29 is 12.4 Å². The predicted molar refractivity (Wildman–Crippen MR) is 90.5 cm³/mol. The Morgan fingerprint density at radius 2 is 1.36 bits per heavy atom. The first-order valence-electron chi connectivity index (χ1n) is 7.77. The number of fused-ring (bicyclic) bond motifs is 2. The van der Waals surface area contributed by atoms with E-state index in [-0.39, 0.29) is 12.4 Å². The molecule has 0 amide bonds. The van der Waals surface area contributed by atoms with Gasteiger partial charge in [0.25, 0.3) is 0 Å². The first kappa shape index (κ1) is 16.8. The molecule has 3 rings (SSSR count). The maximum absolute atomic E-state index is 2.42. The molecule has 2 heteroatoms. The Kier molecular flexibility index (Phi) is 5.82. The molecule has 0 fully saturated rings. The lowest BCUT2D eigenvalue weighted by Gasteiger charge is -2.13. The molecule has 1 nitrogen and oxygen atoms in total. The zero-order chi connectivity index (χ0) is 14.7. The number of hydrogen-bond donors (Lipinski definition) is 0. The molecule has 0 radical (unpaired) electrons. The third-order valence-electron chi connectivity index (χ3n) is 4.20. The third kappa shape index (κ3) is 3.60. The lowest BCUT2D eigenvalue weighted by molar-refractivity contribution is -0.00000427. The molecule has 0 saturated carbocycles. The van der Waals surface area contributed by atoms with Crippen LogP contribution in [0.1, 0.15) is 28.7 Å². The number of hydrogen-bond acceptors (Lipinski definition) is 1. The van der Waals surface area contributed by atoms with Crippen molar-refractivity contribution in [3.05, 3.63) is 76.9 Å². The van der Waals surface area contributed by atoms with Crippen molar-refractivity contribution in [2.45, 2.75) is 19.3 Å². The predicted octanol–water partition coefficient (Wildman–Crippen LogP) is 1.17. The van der Waals surface area contributed by atoms with Gasteiger partial charge in [-0.05, 0) is 61.2 Å². The topological polar surface area (TPSA) is 3.24 Å². The van der Waals surface area contributed by atoms with Gasteiger partial charge in [0.15, 0.2) is 0 Å². The summed E-state index contributed by atoms with van der Waals surface area (Å²) in [5.41, 5.74) is 7.21. The van der Waals surface area contributed by atoms with Gasteiger partial charge in [0.1, 0.15) is 0 Å². The molecule has 0 saturated heterocycles. The average Bonchev–Trinajstić information content (AvgIpc) is 2.65. The van der Waals surface area contributed by atoms with E-state index in [9.17, 15) is 0 Å². The lowest BCUT2D eigenvalue weighted by Crippen LogP contribution is -3.00. The van der Waals surface area contributed by atoms with Gasteiger partial charge in [-0.2, -0.15) is 0 Å². The van der Waals surface area contributed by atoms with E-state index in [0.717, 1.165) is 25.8 Å². The highest BCUT2D eigenvalue weighted by atomic mass is 35.5. The van der Waals surface area contributed by atoms with Gasteiger partial charge in [0, 0.05) is 6.54 Å². The smallest absolute Gasteiger partial charge is 0.00101 e. The Bertz CT molecular complexity index is 609. The number of rotatable bonds is 3. The van der Waals surface area contributed by atoms with Crippen LogP contribution in [0.2, 0.25) is 0 Å². The quantitative estimate of drug-likeness (QED) is 0.822. The van der Waals surface area contributed by atoms with Crippen molar-refractivity contribution >= 4 is 5.57 Å². The molecule has 116 valence electrons. The van der Waals surface area contributed by atoms with Crippen LogP contribution in [0, 0.1) is 0 Å². The Balaban J connectivity index is 0.00000176. The molecule has 2 aromatic rings. The van der Waals surface area contributed by atoms with E-state index >= 15 is 0 Å². The van der Waals surface area contributed by atoms with Crippen LogP contribution in [-0.4, -0.2) is 25.5 Å². The van der Waals surface area contributed by atoms with Crippen molar-refractivity contribution in [2.24, 2.45) is 0 Å². The second kappa shape index (κ2) is 7.62. The van der Waals surface area contributed by atoms with Gasteiger partial charge < -0.3 is 17.3 Å². The van der Waals surface area contributed by atoms with Gasteiger partial charge in [0.2, 0.25) is 0 Å². The molecule has 0 bridgehead atoms. The summed E-state index contributed by atoms with van der Waals surface area (Å²) >= 11 is 0. The number of benzene rings is 2. The molecule has 1 aliphatic rings. The second-order valence-corrected chi connectivity index (χ2v) is 6.02. The Morgan fingerprint density at radius 3 is 1.86 bits per heavy atom. The van der Waals surface area contributed by atoms with E-state index in [2.05, 4.69) is 73.6 Å². The second-order valence-electron chi connectivity index (χ2n) is 6.02. The highest BCUT2D eigenvalue weighted by Crippen LogP contribution is 2.33. The largest absolute Gasteiger partial charge is 1.00 e. The minimum absolute atomic E-state index is 0. The van der Waals surface area contributed by atoms with Gasteiger partial charge >= 0.3 is 0 Å². The third-order valence-corrected chi connectivity index (χ3v) is 4.20. The summed E-state index contributed by atoms with van der Waals surface area (Å²) in [6.45, 7) is 1.09. The highest BCUT2D eigenvalue weighted by Gasteiger charge is 2.16. The summed E-state index contributed by atoms with van der Waals surface area (Å²) in [6.07, 6.45) is 5.78. The van der Waals surface area contributed by atoms with Gasteiger partial charge in [-0.3, -0.25) is 0 Å². The summed E-state index contributed by atoms with van der Waals surface area (Å²) in [6, 6.07) is 17.7. The van der Waals surface area contributed by atoms with Crippen LogP contribution >= 0.6 is 0 Å². The van der Waals surface area contributed by atoms with E-state index in [0.29, 0.717) is 0 Å². The van der Waals surface area contributed by atoms with Crippen LogP contribution in [0.15, 0.2) is 54.6 Å². The van der Waals surface area contributed by atoms with Crippen LogP contribution in [0.4, 0.5) is 0 Å². The summed E-state index contributed by atoms with van der Waals surface area (Å²) in [5, 5.41) is 0. The molecule has 0 aromatic heterocycles. The Labute approximate surface area is 140 Å². The maximum Gasteiger partial charge on any atom is 0.00101 e. The molecule has 2 aromatic carbocycles. The fourth-order valence-electron chi connectivity index (χ4n) is 3.10. The number of nitrogens with zero attached hydrogens (tertiary/aromatic N) is 1. The van der Waals surface area contributed by atoms with Crippen molar-refractivity contribution in [3.63, 3.8) is 0 Å². The number of aryl methyl sites for hydroxylation is 2. The zero-order valence-corrected chi connectivity index (χ0v) is 14.1. The fourth-order valence-corrected chi connectivity index (χ4v) is 3.10. The highest BCUT2D eigenvalue weighted by molar-refractivity contribution is 5.83. The molecule has 0 spiro atoms. The minimum atomic E-state index is 0. The standard InChI is InChI=1S/C20H23N.ClH/c1-21(2)15-7-12-20-18-10-5-3-8-16(18)13-14-17-9-4-6-11-19(17)20;/h3-6,8-12H,7,13-15H2,1-2H3;1H/p-1. The van der Waals surface area contributed by atoms with Crippen LogP contribution in [0.3, 0.4) is 0 Å². The molecule has 1 aliphatic carbocycles. The van der Waals surface area contributed by atoms with E-state index in [1.807, 2.05) is 0 Å². The average molecular weight is 313 g/mol. The summed E-state index contributed by atoms with van der Waals surface area (Å²) in [5.74, 6) is 0. The van der Waals surface area contributed by atoms with E-state index < -0.39 is 0 Å². The van der Waals surface area contributed by atoms with Crippen molar-refractivity contribution in [2.75, 3.05) is 20.6 Å². The molecule has 0 aliphatic heterocycles. The Morgan fingerprint density at radius 1 is 0.864 bits per heavy atom. The normalized spacial score (nSPS) is 13.0. The monoisotopic (exact) mass is 312 g/mol. The van der Waals surface area contributed by atoms with Gasteiger partial charge in [-0.15, -0.1) is 0 Å². The van der Waals surface area contributed by atoms with Crippen molar-refractivity contribution in [1.29, 1.82) is 0 Å². The lowest BCUT2D eigenvalue weighted by atomic mass is 9.93. The first-order chi connectivity index (χ1) is 10.3. The van der Waals surface area contributed by atoms with Crippen LogP contribution in [-0.2, 0) is 12.8 Å². The van der Waals surface area contributed by atoms with Crippen LogP contribution in [0.5, 0.6) is 0 Å². The summed E-state index contributed by atoms with van der Waals surface area (Å²) in [7, 11) is 4.26. The van der Waals surface area contributed by atoms with E-state index in [4.69, 9.17) is 0 Å². The zero-order valence-electron chi connectivity index (χ0n) is 13.3. The van der Waals surface area contributed by atoms with Crippen LogP contribution in [0.25, 0.3) is 5.57 Å². The molecular weight excluding hydrogens is 290 g/mol. The van der Waals surface area contributed by atoms with Crippen molar-refractivity contribution in [3.8, 4) is 0 Å². The molecule has 0 N–H and O–H groups in total. The Hall–Kier alpha value is -1.57.